The molecule has 28 heavy (non-hydrogen) atoms. The average Bonchev–Trinajstić information content (AvgIpc) is 2.74. The Morgan fingerprint density at radius 1 is 1.18 bits per heavy atom. The summed E-state index contributed by atoms with van der Waals surface area (Å²) in [4.78, 5) is 28.6. The Morgan fingerprint density at radius 3 is 2.64 bits per heavy atom. The highest BCUT2D eigenvalue weighted by Gasteiger charge is 2.30. The largest absolute Gasteiger partial charge is 0.466 e. The number of hydrogen-bond acceptors (Lipinski definition) is 5. The maximum Gasteiger partial charge on any atom is 0.310 e. The quantitative estimate of drug-likeness (QED) is 0.713. The lowest BCUT2D eigenvalue weighted by Gasteiger charge is -2.32. The van der Waals surface area contributed by atoms with Crippen molar-refractivity contribution < 1.29 is 14.3 Å². The van der Waals surface area contributed by atoms with Crippen LogP contribution in [0, 0.1) is 17.2 Å². The van der Waals surface area contributed by atoms with Gasteiger partial charge in [0.1, 0.15) is 6.07 Å². The monoisotopic (exact) mass is 394 g/mol. The van der Waals surface area contributed by atoms with Crippen molar-refractivity contribution in [3.8, 4) is 6.07 Å². The minimum atomic E-state index is -0.267. The van der Waals surface area contributed by atoms with E-state index in [1.165, 1.54) is 11.8 Å². The third kappa shape index (κ3) is 4.55. The molecular formula is C22H22N2O3S. The number of carbonyl (C=O) groups is 2. The molecule has 1 amide bonds. The van der Waals surface area contributed by atoms with Gasteiger partial charge in [-0.2, -0.15) is 5.26 Å². The molecule has 1 heterocycles. The molecule has 6 heteroatoms. The average molecular weight is 394 g/mol. The van der Waals surface area contributed by atoms with Gasteiger partial charge in [-0.1, -0.05) is 36.0 Å². The summed E-state index contributed by atoms with van der Waals surface area (Å²) in [5, 5.41) is 9.32. The highest BCUT2D eigenvalue weighted by atomic mass is 32.2. The Bertz CT molecular complexity index is 907. The molecule has 2 aromatic rings. The van der Waals surface area contributed by atoms with Crippen LogP contribution < -0.4 is 0 Å². The summed E-state index contributed by atoms with van der Waals surface area (Å²) in [6.07, 6.45) is 1.52. The minimum Gasteiger partial charge on any atom is -0.466 e. The first kappa shape index (κ1) is 20.0. The van der Waals surface area contributed by atoms with Crippen molar-refractivity contribution in [3.63, 3.8) is 0 Å². The molecule has 1 saturated heterocycles. The molecule has 0 radical (unpaired) electrons. The number of rotatable bonds is 5. The minimum absolute atomic E-state index is 0.0912. The number of nitriles is 1. The summed E-state index contributed by atoms with van der Waals surface area (Å²) in [5.41, 5.74) is 1.17. The molecule has 144 valence electrons. The molecule has 5 nitrogen and oxygen atoms in total. The predicted molar refractivity (Wildman–Crippen MR) is 107 cm³/mol. The van der Waals surface area contributed by atoms with Gasteiger partial charge in [0.15, 0.2) is 0 Å². The predicted octanol–water partition coefficient (Wildman–Crippen LogP) is 4.12. The highest BCUT2D eigenvalue weighted by molar-refractivity contribution is 7.99. The first-order chi connectivity index (χ1) is 13.6. The molecular weight excluding hydrogens is 372 g/mol. The van der Waals surface area contributed by atoms with E-state index < -0.39 is 0 Å². The number of hydrogen-bond donors (Lipinski definition) is 0. The van der Waals surface area contributed by atoms with E-state index in [2.05, 4.69) is 6.07 Å². The van der Waals surface area contributed by atoms with Crippen molar-refractivity contribution >= 4 is 23.6 Å². The number of likely N-dealkylation sites (tertiary alicyclic amines) is 1. The van der Waals surface area contributed by atoms with E-state index in [9.17, 15) is 14.9 Å². The van der Waals surface area contributed by atoms with Gasteiger partial charge in [0.25, 0.3) is 5.91 Å². The van der Waals surface area contributed by atoms with E-state index in [1.807, 2.05) is 36.4 Å². The van der Waals surface area contributed by atoms with Crippen molar-refractivity contribution in [3.05, 3.63) is 59.7 Å². The van der Waals surface area contributed by atoms with Crippen molar-refractivity contribution in [1.29, 1.82) is 5.26 Å². The third-order valence-electron chi connectivity index (χ3n) is 4.67. The van der Waals surface area contributed by atoms with Crippen LogP contribution in [0.5, 0.6) is 0 Å². The Morgan fingerprint density at radius 2 is 1.89 bits per heavy atom. The van der Waals surface area contributed by atoms with Crippen LogP contribution in [0.25, 0.3) is 0 Å². The van der Waals surface area contributed by atoms with Crippen molar-refractivity contribution in [2.75, 3.05) is 19.7 Å². The first-order valence-corrected chi connectivity index (χ1v) is 10.2. The number of piperidine rings is 1. The second-order valence-electron chi connectivity index (χ2n) is 6.55. The molecule has 2 aromatic carbocycles. The number of esters is 1. The van der Waals surface area contributed by atoms with E-state index in [-0.39, 0.29) is 17.8 Å². The Hall–Kier alpha value is -2.78. The van der Waals surface area contributed by atoms with Gasteiger partial charge in [-0.3, -0.25) is 9.59 Å². The summed E-state index contributed by atoms with van der Waals surface area (Å²) in [7, 11) is 0. The van der Waals surface area contributed by atoms with Crippen molar-refractivity contribution in [2.45, 2.75) is 29.6 Å². The van der Waals surface area contributed by atoms with Crippen molar-refractivity contribution in [2.24, 2.45) is 5.92 Å². The summed E-state index contributed by atoms with van der Waals surface area (Å²) in [6, 6.07) is 16.9. The topological polar surface area (TPSA) is 70.4 Å². The zero-order valence-electron chi connectivity index (χ0n) is 15.8. The Kier molecular flexibility index (Phi) is 6.72. The van der Waals surface area contributed by atoms with Gasteiger partial charge in [-0.05, 0) is 44.0 Å². The second-order valence-corrected chi connectivity index (χ2v) is 7.63. The van der Waals surface area contributed by atoms with Gasteiger partial charge >= 0.3 is 5.97 Å². The molecule has 0 aromatic heterocycles. The number of benzene rings is 2. The summed E-state index contributed by atoms with van der Waals surface area (Å²) in [5.74, 6) is -0.589. The standard InChI is InChI=1S/C22H22N2O3S/c1-2-27-22(26)17-9-7-13-24(15-17)21(25)18-10-4-6-12-20(18)28-19-11-5-3-8-16(19)14-23/h3-6,8,10-12,17H,2,7,9,13,15H2,1H3. The van der Waals surface area contributed by atoms with Crippen LogP contribution in [0.3, 0.4) is 0 Å². The molecule has 3 rings (SSSR count). The fraction of sp³-hybridized carbons (Fsp3) is 0.318. The zero-order valence-corrected chi connectivity index (χ0v) is 16.6. The van der Waals surface area contributed by atoms with E-state index in [0.29, 0.717) is 30.8 Å². The molecule has 0 spiro atoms. The lowest BCUT2D eigenvalue weighted by atomic mass is 9.97. The molecule has 0 bridgehead atoms. The van der Waals surface area contributed by atoms with Gasteiger partial charge in [0, 0.05) is 22.9 Å². The summed E-state index contributed by atoms with van der Waals surface area (Å²) in [6.45, 7) is 3.14. The van der Waals surface area contributed by atoms with Crippen LogP contribution >= 0.6 is 11.8 Å². The zero-order chi connectivity index (χ0) is 19.9. The summed E-state index contributed by atoms with van der Waals surface area (Å²) >= 11 is 1.41. The molecule has 1 atom stereocenters. The fourth-order valence-electron chi connectivity index (χ4n) is 3.28. The molecule has 1 aliphatic heterocycles. The Balaban J connectivity index is 1.81. The molecule has 0 aliphatic carbocycles. The van der Waals surface area contributed by atoms with Crippen LogP contribution in [-0.4, -0.2) is 36.5 Å². The third-order valence-corrected chi connectivity index (χ3v) is 5.83. The van der Waals surface area contributed by atoms with Gasteiger partial charge in [0.05, 0.1) is 23.7 Å². The molecule has 1 fully saturated rings. The molecule has 1 aliphatic rings. The van der Waals surface area contributed by atoms with Crippen LogP contribution in [0.15, 0.2) is 58.3 Å². The molecule has 0 N–H and O–H groups in total. The van der Waals surface area contributed by atoms with Gasteiger partial charge in [-0.15, -0.1) is 0 Å². The lowest BCUT2D eigenvalue weighted by Crippen LogP contribution is -2.43. The maximum atomic E-state index is 13.2. The maximum absolute atomic E-state index is 13.2. The van der Waals surface area contributed by atoms with Gasteiger partial charge in [0.2, 0.25) is 0 Å². The van der Waals surface area contributed by atoms with Crippen LogP contribution in [0.2, 0.25) is 0 Å². The van der Waals surface area contributed by atoms with Crippen LogP contribution in [0.1, 0.15) is 35.7 Å². The lowest BCUT2D eigenvalue weighted by molar-refractivity contribution is -0.149. The van der Waals surface area contributed by atoms with Gasteiger partial charge in [-0.25, -0.2) is 0 Å². The van der Waals surface area contributed by atoms with E-state index in [4.69, 9.17) is 4.74 Å². The fourth-order valence-corrected chi connectivity index (χ4v) is 4.30. The number of carbonyl (C=O) groups excluding carboxylic acids is 2. The van der Waals surface area contributed by atoms with E-state index in [1.54, 1.807) is 24.0 Å². The number of amides is 1. The molecule has 1 unspecified atom stereocenters. The molecule has 0 saturated carbocycles. The second kappa shape index (κ2) is 9.43. The Labute approximate surface area is 169 Å². The van der Waals surface area contributed by atoms with Crippen molar-refractivity contribution in [1.82, 2.24) is 4.90 Å². The number of ether oxygens (including phenoxy) is 1. The first-order valence-electron chi connectivity index (χ1n) is 9.36. The van der Waals surface area contributed by atoms with Gasteiger partial charge < -0.3 is 9.64 Å². The summed E-state index contributed by atoms with van der Waals surface area (Å²) < 4.78 is 5.13. The van der Waals surface area contributed by atoms with Crippen LogP contribution in [-0.2, 0) is 9.53 Å². The van der Waals surface area contributed by atoms with E-state index in [0.717, 1.165) is 22.6 Å². The highest BCUT2D eigenvalue weighted by Crippen LogP contribution is 2.33. The number of nitrogens with zero attached hydrogens (tertiary/aromatic N) is 2. The van der Waals surface area contributed by atoms with Crippen LogP contribution in [0.4, 0.5) is 0 Å². The smallest absolute Gasteiger partial charge is 0.310 e. The van der Waals surface area contributed by atoms with E-state index >= 15 is 0 Å². The SMILES string of the molecule is CCOC(=O)C1CCCN(C(=O)c2ccccc2Sc2ccccc2C#N)C1. The normalized spacial score (nSPS) is 16.3.